The highest BCUT2D eigenvalue weighted by Gasteiger charge is 2.23. The summed E-state index contributed by atoms with van der Waals surface area (Å²) in [4.78, 5) is 34.1. The highest BCUT2D eigenvalue weighted by atomic mass is 32.1. The number of amides is 1. The van der Waals surface area contributed by atoms with Gasteiger partial charge in [-0.15, -0.1) is 0 Å². The van der Waals surface area contributed by atoms with Crippen LogP contribution in [-0.2, 0) is 19.1 Å². The third-order valence-electron chi connectivity index (χ3n) is 1.88. The molecule has 1 atom stereocenters. The van der Waals surface area contributed by atoms with Crippen LogP contribution in [0.1, 0.15) is 6.92 Å². The van der Waals surface area contributed by atoms with Crippen molar-refractivity contribution in [1.82, 2.24) is 4.90 Å². The molecule has 1 N–H and O–H groups in total. The number of rotatable bonds is 6. The molecular weight excluding hydrogens is 234 g/mol. The number of hydrogen-bond donors (Lipinski definition) is 2. The zero-order valence-electron chi connectivity index (χ0n) is 9.17. The molecule has 0 aliphatic heterocycles. The van der Waals surface area contributed by atoms with Gasteiger partial charge in [-0.3, -0.25) is 14.4 Å². The van der Waals surface area contributed by atoms with Crippen molar-refractivity contribution in [2.45, 2.75) is 6.92 Å². The molecule has 6 nitrogen and oxygen atoms in total. The Morgan fingerprint density at radius 2 is 1.94 bits per heavy atom. The largest absolute Gasteiger partial charge is 0.480 e. The molecule has 16 heavy (non-hydrogen) atoms. The molecule has 1 unspecified atom stereocenters. The molecule has 0 bridgehead atoms. The predicted molar refractivity (Wildman–Crippen MR) is 59.2 cm³/mol. The quantitative estimate of drug-likeness (QED) is 0.496. The van der Waals surface area contributed by atoms with Crippen molar-refractivity contribution >= 4 is 30.5 Å². The first-order valence-corrected chi connectivity index (χ1v) is 5.23. The minimum Gasteiger partial charge on any atom is -0.480 e. The number of carbonyl (C=O) groups is 3. The SMILES string of the molecule is COC(=O)CN(CC(=O)O)C(=O)C(C)CS. The smallest absolute Gasteiger partial charge is 0.325 e. The molecule has 0 rings (SSSR count). The molecule has 1 amide bonds. The van der Waals surface area contributed by atoms with E-state index in [-0.39, 0.29) is 12.3 Å². The van der Waals surface area contributed by atoms with Crippen LogP contribution in [0.4, 0.5) is 0 Å². The van der Waals surface area contributed by atoms with Crippen molar-refractivity contribution in [2.24, 2.45) is 5.92 Å². The third-order valence-corrected chi connectivity index (χ3v) is 2.43. The summed E-state index contributed by atoms with van der Waals surface area (Å²) >= 11 is 3.94. The van der Waals surface area contributed by atoms with Gasteiger partial charge in [0.15, 0.2) is 0 Å². The molecule has 0 aliphatic carbocycles. The van der Waals surface area contributed by atoms with Crippen molar-refractivity contribution in [2.75, 3.05) is 26.0 Å². The first kappa shape index (κ1) is 14.8. The highest BCUT2D eigenvalue weighted by Crippen LogP contribution is 2.04. The lowest BCUT2D eigenvalue weighted by Crippen LogP contribution is -2.42. The average molecular weight is 249 g/mol. The molecule has 0 saturated carbocycles. The molecule has 0 aromatic heterocycles. The summed E-state index contributed by atoms with van der Waals surface area (Å²) in [5, 5.41) is 8.61. The number of carbonyl (C=O) groups excluding carboxylic acids is 2. The molecule has 0 radical (unpaired) electrons. The maximum absolute atomic E-state index is 11.7. The number of esters is 1. The van der Waals surface area contributed by atoms with E-state index in [1.54, 1.807) is 6.92 Å². The summed E-state index contributed by atoms with van der Waals surface area (Å²) in [6.45, 7) is 0.729. The summed E-state index contributed by atoms with van der Waals surface area (Å²) < 4.78 is 4.38. The van der Waals surface area contributed by atoms with E-state index in [1.165, 1.54) is 7.11 Å². The number of methoxy groups -OCH3 is 1. The number of nitrogens with zero attached hydrogens (tertiary/aromatic N) is 1. The van der Waals surface area contributed by atoms with Crippen LogP contribution in [0.3, 0.4) is 0 Å². The minimum absolute atomic E-state index is 0.288. The van der Waals surface area contributed by atoms with Crippen molar-refractivity contribution in [3.63, 3.8) is 0 Å². The lowest BCUT2D eigenvalue weighted by molar-refractivity contribution is -0.152. The van der Waals surface area contributed by atoms with Gasteiger partial charge < -0.3 is 14.7 Å². The van der Waals surface area contributed by atoms with Gasteiger partial charge in [-0.1, -0.05) is 6.92 Å². The summed E-state index contributed by atoms with van der Waals surface area (Å²) in [6, 6.07) is 0. The molecule has 7 heteroatoms. The van der Waals surface area contributed by atoms with Crippen LogP contribution in [0.15, 0.2) is 0 Å². The van der Waals surface area contributed by atoms with Crippen LogP contribution >= 0.6 is 12.6 Å². The van der Waals surface area contributed by atoms with Crippen molar-refractivity contribution in [1.29, 1.82) is 0 Å². The molecule has 0 aromatic rings. The summed E-state index contributed by atoms with van der Waals surface area (Å²) in [5.74, 6) is -2.41. The average Bonchev–Trinajstić information content (AvgIpc) is 2.25. The Bertz CT molecular complexity index is 281. The van der Waals surface area contributed by atoms with Gasteiger partial charge in [0, 0.05) is 11.7 Å². The molecule has 0 heterocycles. The van der Waals surface area contributed by atoms with Crippen molar-refractivity contribution in [3.05, 3.63) is 0 Å². The maximum atomic E-state index is 11.7. The normalized spacial score (nSPS) is 11.7. The van der Waals surface area contributed by atoms with Gasteiger partial charge in [-0.2, -0.15) is 12.6 Å². The van der Waals surface area contributed by atoms with Crippen LogP contribution in [0, 0.1) is 5.92 Å². The number of hydrogen-bond acceptors (Lipinski definition) is 5. The standard InChI is InChI=1S/C9H15NO5S/c1-6(5-16)9(14)10(3-7(11)12)4-8(13)15-2/h6,16H,3-5H2,1-2H3,(H,11,12). The zero-order valence-corrected chi connectivity index (χ0v) is 10.1. The van der Waals surface area contributed by atoms with E-state index >= 15 is 0 Å². The summed E-state index contributed by atoms with van der Waals surface area (Å²) in [5.41, 5.74) is 0. The fraction of sp³-hybridized carbons (Fsp3) is 0.667. The lowest BCUT2D eigenvalue weighted by Gasteiger charge is -2.22. The zero-order chi connectivity index (χ0) is 12.7. The highest BCUT2D eigenvalue weighted by molar-refractivity contribution is 7.80. The number of thiol groups is 1. The fourth-order valence-electron chi connectivity index (χ4n) is 0.985. The van der Waals surface area contributed by atoms with Gasteiger partial charge in [0.05, 0.1) is 7.11 Å². The van der Waals surface area contributed by atoms with E-state index in [0.29, 0.717) is 0 Å². The molecule has 0 saturated heterocycles. The second kappa shape index (κ2) is 7.10. The Morgan fingerprint density at radius 3 is 2.31 bits per heavy atom. The summed E-state index contributed by atoms with van der Waals surface area (Å²) in [7, 11) is 1.17. The minimum atomic E-state index is -1.18. The van der Waals surface area contributed by atoms with Gasteiger partial charge in [-0.05, 0) is 0 Å². The van der Waals surface area contributed by atoms with Crippen LogP contribution in [0.25, 0.3) is 0 Å². The van der Waals surface area contributed by atoms with Crippen LogP contribution in [0.2, 0.25) is 0 Å². The Balaban J connectivity index is 4.59. The second-order valence-corrected chi connectivity index (χ2v) is 3.61. The molecule has 0 aromatic carbocycles. The van der Waals surface area contributed by atoms with Crippen LogP contribution in [0.5, 0.6) is 0 Å². The maximum Gasteiger partial charge on any atom is 0.325 e. The molecule has 92 valence electrons. The van der Waals surface area contributed by atoms with Crippen molar-refractivity contribution in [3.8, 4) is 0 Å². The van der Waals surface area contributed by atoms with E-state index in [0.717, 1.165) is 4.90 Å². The number of ether oxygens (including phenoxy) is 1. The Labute approximate surface area is 99.0 Å². The second-order valence-electron chi connectivity index (χ2n) is 3.25. The molecule has 0 fully saturated rings. The number of carboxylic acid groups (broad SMARTS) is 1. The van der Waals surface area contributed by atoms with E-state index in [4.69, 9.17) is 5.11 Å². The van der Waals surface area contributed by atoms with E-state index < -0.39 is 30.3 Å². The summed E-state index contributed by atoms with van der Waals surface area (Å²) in [6.07, 6.45) is 0. The predicted octanol–water partition coefficient (Wildman–Crippen LogP) is -0.362. The van der Waals surface area contributed by atoms with Crippen LogP contribution in [-0.4, -0.2) is 53.8 Å². The van der Waals surface area contributed by atoms with E-state index in [2.05, 4.69) is 17.4 Å². The first-order chi connectivity index (χ1) is 7.42. The van der Waals surface area contributed by atoms with Crippen LogP contribution < -0.4 is 0 Å². The van der Waals surface area contributed by atoms with Gasteiger partial charge >= 0.3 is 11.9 Å². The van der Waals surface area contributed by atoms with Gasteiger partial charge in [0.25, 0.3) is 0 Å². The van der Waals surface area contributed by atoms with Gasteiger partial charge in [0.1, 0.15) is 13.1 Å². The molecule has 0 aliphatic rings. The first-order valence-electron chi connectivity index (χ1n) is 4.60. The molecule has 0 spiro atoms. The van der Waals surface area contributed by atoms with E-state index in [1.807, 2.05) is 0 Å². The number of carboxylic acids is 1. The molecular formula is C9H15NO5S. The Morgan fingerprint density at radius 1 is 1.38 bits per heavy atom. The monoisotopic (exact) mass is 249 g/mol. The fourth-order valence-corrected chi connectivity index (χ4v) is 1.14. The topological polar surface area (TPSA) is 83.9 Å². The Hall–Kier alpha value is -1.24. The Kier molecular flexibility index (Phi) is 6.55. The van der Waals surface area contributed by atoms with E-state index in [9.17, 15) is 14.4 Å². The lowest BCUT2D eigenvalue weighted by atomic mass is 10.2. The number of aliphatic carboxylic acids is 1. The van der Waals surface area contributed by atoms with Gasteiger partial charge in [-0.25, -0.2) is 0 Å². The van der Waals surface area contributed by atoms with Crippen molar-refractivity contribution < 1.29 is 24.2 Å². The van der Waals surface area contributed by atoms with Gasteiger partial charge in [0.2, 0.25) is 5.91 Å². The third kappa shape index (κ3) is 5.01.